The largest absolute Gasteiger partial charge is 4.00 e. The van der Waals surface area contributed by atoms with Crippen molar-refractivity contribution in [2.24, 2.45) is 0 Å². The number of rotatable bonds is 0. The smallest absolute Gasteiger partial charge is 0.358 e. The van der Waals surface area contributed by atoms with Crippen molar-refractivity contribution in [3.63, 3.8) is 0 Å². The van der Waals surface area contributed by atoms with Crippen LogP contribution in [0, 0.1) is 85.2 Å². The van der Waals surface area contributed by atoms with Gasteiger partial charge in [0.05, 0.1) is 58.2 Å². The third-order valence-corrected chi connectivity index (χ3v) is 1.98. The molecule has 0 radical (unpaired) electrons. The summed E-state index contributed by atoms with van der Waals surface area (Å²) in [6, 6.07) is 2.05. The van der Waals surface area contributed by atoms with Gasteiger partial charge in [0.15, 0.2) is 0 Å². The number of hydrogen-bond acceptors (Lipinski definition) is 0. The third kappa shape index (κ3) is 6.35. The van der Waals surface area contributed by atoms with Crippen molar-refractivity contribution in [2.75, 3.05) is 0 Å². The summed E-state index contributed by atoms with van der Waals surface area (Å²) in [6.07, 6.45) is 0. The standard InChI is InChI=1S/2C6F5.2CH3.Ti/c2*7-2-1-3(8)5(10)6(11)4(2)9;;;/h;;2*1H3;/q4*-1;+4. The molecule has 0 N–H and O–H groups in total. The normalized spacial score (nSPS) is 9.04. The van der Waals surface area contributed by atoms with Gasteiger partial charge < -0.3 is 14.9 Å². The minimum Gasteiger partial charge on any atom is -0.358 e. The summed E-state index contributed by atoms with van der Waals surface area (Å²) in [5.41, 5.74) is 0. The Morgan fingerprint density at radius 3 is 0.680 bits per heavy atom. The van der Waals surface area contributed by atoms with E-state index in [1.54, 1.807) is 0 Å². The Labute approximate surface area is 151 Å². The van der Waals surface area contributed by atoms with Crippen LogP contribution in [0.5, 0.6) is 0 Å². The zero-order valence-electron chi connectivity index (χ0n) is 12.3. The molecule has 136 valence electrons. The summed E-state index contributed by atoms with van der Waals surface area (Å²) in [5, 5.41) is 0. The predicted octanol–water partition coefficient (Wildman–Crippen LogP) is 5.26. The molecule has 0 saturated carbocycles. The predicted molar refractivity (Wildman–Crippen MR) is 63.0 cm³/mol. The van der Waals surface area contributed by atoms with E-state index >= 15 is 0 Å². The molecule has 0 aliphatic heterocycles. The summed E-state index contributed by atoms with van der Waals surface area (Å²) in [6.45, 7) is 0. The Morgan fingerprint density at radius 1 is 0.360 bits per heavy atom. The van der Waals surface area contributed by atoms with Gasteiger partial charge in [-0.25, -0.2) is 26.3 Å². The first-order chi connectivity index (χ1) is 10.1. The van der Waals surface area contributed by atoms with Crippen molar-refractivity contribution < 1.29 is 65.6 Å². The molecule has 0 amide bonds. The van der Waals surface area contributed by atoms with Crippen LogP contribution in [0.15, 0.2) is 0 Å². The Morgan fingerprint density at radius 2 is 0.520 bits per heavy atom. The van der Waals surface area contributed by atoms with Crippen molar-refractivity contribution in [3.8, 4) is 0 Å². The molecule has 2 rings (SSSR count). The molecule has 11 heteroatoms. The molecule has 0 aliphatic rings. The minimum atomic E-state index is -2.17. The van der Waals surface area contributed by atoms with Crippen molar-refractivity contribution >= 4 is 0 Å². The van der Waals surface area contributed by atoms with Crippen molar-refractivity contribution in [3.05, 3.63) is 85.2 Å². The SMILES string of the molecule is Fc1[c-]c(F)c(F)c(F)c1F.Fc1[c-]c(F)c(F)c(F)c1F.[CH3-].[CH3-].[Ti+4]. The van der Waals surface area contributed by atoms with Gasteiger partial charge in [0.2, 0.25) is 0 Å². The summed E-state index contributed by atoms with van der Waals surface area (Å²) in [7, 11) is 0. The van der Waals surface area contributed by atoms with Gasteiger partial charge in [-0.3, -0.25) is 17.6 Å². The van der Waals surface area contributed by atoms with Crippen LogP contribution in [0.1, 0.15) is 0 Å². The van der Waals surface area contributed by atoms with E-state index < -0.39 is 58.2 Å². The zero-order valence-corrected chi connectivity index (χ0v) is 13.8. The monoisotopic (exact) mass is 412 g/mol. The average Bonchev–Trinajstić information content (AvgIpc) is 2.47. The molecule has 2 aromatic carbocycles. The van der Waals surface area contributed by atoms with Crippen LogP contribution in [-0.2, 0) is 21.7 Å². The molecule has 0 aromatic heterocycles. The van der Waals surface area contributed by atoms with E-state index in [4.69, 9.17) is 0 Å². The van der Waals surface area contributed by atoms with E-state index in [2.05, 4.69) is 0 Å². The van der Waals surface area contributed by atoms with Crippen LogP contribution in [0.25, 0.3) is 0 Å². The zero-order chi connectivity index (χ0) is 17.2. The van der Waals surface area contributed by atoms with Gasteiger partial charge in [0, 0.05) is 0 Å². The molecule has 0 bridgehead atoms. The number of hydrogen-bond donors (Lipinski definition) is 0. The molecule has 0 nitrogen and oxygen atoms in total. The van der Waals surface area contributed by atoms with Crippen molar-refractivity contribution in [2.45, 2.75) is 0 Å². The molecule has 0 saturated heterocycles. The van der Waals surface area contributed by atoms with Crippen LogP contribution >= 0.6 is 0 Å². The first kappa shape index (κ1) is 28.3. The second-order valence-electron chi connectivity index (χ2n) is 3.39. The Hall–Kier alpha value is -1.55. The molecule has 0 heterocycles. The fourth-order valence-electron chi connectivity index (χ4n) is 0.990. The van der Waals surface area contributed by atoms with Crippen molar-refractivity contribution in [1.82, 2.24) is 0 Å². The summed E-state index contributed by atoms with van der Waals surface area (Å²) in [5.74, 6) is -20.1. The third-order valence-electron chi connectivity index (χ3n) is 1.98. The maximum atomic E-state index is 12.0. The second-order valence-corrected chi connectivity index (χ2v) is 3.39. The van der Waals surface area contributed by atoms with E-state index in [0.29, 0.717) is 0 Å². The molecule has 0 spiro atoms. The Balaban J connectivity index is -0.000000346. The van der Waals surface area contributed by atoms with Gasteiger partial charge in [-0.1, -0.05) is 0 Å². The van der Waals surface area contributed by atoms with E-state index in [9.17, 15) is 43.9 Å². The second kappa shape index (κ2) is 11.1. The molecule has 0 atom stereocenters. The van der Waals surface area contributed by atoms with Crippen LogP contribution in [0.2, 0.25) is 0 Å². The molecule has 0 fully saturated rings. The van der Waals surface area contributed by atoms with Gasteiger partial charge in [0.25, 0.3) is 0 Å². The molecular formula is C14H6F10Ti. The molecule has 0 aliphatic carbocycles. The maximum absolute atomic E-state index is 12.0. The number of halogens is 10. The quantitative estimate of drug-likeness (QED) is 0.182. The summed E-state index contributed by atoms with van der Waals surface area (Å²) in [4.78, 5) is 0. The van der Waals surface area contributed by atoms with Gasteiger partial charge in [0.1, 0.15) is 0 Å². The molecule has 0 unspecified atom stereocenters. The topological polar surface area (TPSA) is 0 Å². The molecule has 2 aromatic rings. The number of benzene rings is 2. The van der Waals surface area contributed by atoms with Gasteiger partial charge >= 0.3 is 21.7 Å². The summed E-state index contributed by atoms with van der Waals surface area (Å²) >= 11 is 0. The fraction of sp³-hybridized carbons (Fsp3) is 0. The molecule has 25 heavy (non-hydrogen) atoms. The molecular weight excluding hydrogens is 406 g/mol. The first-order valence-electron chi connectivity index (χ1n) is 4.89. The van der Waals surface area contributed by atoms with E-state index in [0.717, 1.165) is 12.1 Å². The summed E-state index contributed by atoms with van der Waals surface area (Å²) < 4.78 is 120. The van der Waals surface area contributed by atoms with Crippen LogP contribution in [-0.4, -0.2) is 0 Å². The van der Waals surface area contributed by atoms with E-state index in [1.807, 2.05) is 0 Å². The fourth-order valence-corrected chi connectivity index (χ4v) is 0.990. The van der Waals surface area contributed by atoms with Gasteiger partial charge in [-0.2, -0.15) is 0 Å². The van der Waals surface area contributed by atoms with Crippen LogP contribution < -0.4 is 0 Å². The van der Waals surface area contributed by atoms with Crippen molar-refractivity contribution in [1.29, 1.82) is 0 Å². The Kier molecular flexibility index (Phi) is 12.6. The van der Waals surface area contributed by atoms with E-state index in [1.165, 1.54) is 0 Å². The van der Waals surface area contributed by atoms with Crippen LogP contribution in [0.4, 0.5) is 43.9 Å². The maximum Gasteiger partial charge on any atom is 4.00 e. The Bertz CT molecular complexity index is 604. The van der Waals surface area contributed by atoms with Gasteiger partial charge in [-0.15, -0.1) is 12.1 Å². The average molecular weight is 412 g/mol. The van der Waals surface area contributed by atoms with E-state index in [-0.39, 0.29) is 36.6 Å². The van der Waals surface area contributed by atoms with Crippen LogP contribution in [0.3, 0.4) is 0 Å². The minimum absolute atomic E-state index is 0. The van der Waals surface area contributed by atoms with Gasteiger partial charge in [-0.05, 0) is 0 Å². The first-order valence-corrected chi connectivity index (χ1v) is 4.89.